The molecule has 0 fully saturated rings. The molecule has 1 aromatic rings. The Bertz CT molecular complexity index is 355. The monoisotopic (exact) mass is 190 g/mol. The molecule has 1 aliphatic carbocycles. The van der Waals surface area contributed by atoms with Gasteiger partial charge >= 0.3 is 0 Å². The van der Waals surface area contributed by atoms with E-state index in [-0.39, 0.29) is 11.5 Å². The predicted molar refractivity (Wildman–Crippen MR) is 60.2 cm³/mol. The molecule has 2 nitrogen and oxygen atoms in total. The van der Waals surface area contributed by atoms with Gasteiger partial charge < -0.3 is 11.5 Å². The van der Waals surface area contributed by atoms with E-state index in [1.807, 2.05) is 6.07 Å². The number of aryl methyl sites for hydroxylation is 1. The van der Waals surface area contributed by atoms with Crippen molar-refractivity contribution in [2.24, 2.45) is 5.73 Å². The summed E-state index contributed by atoms with van der Waals surface area (Å²) in [4.78, 5) is 0. The van der Waals surface area contributed by atoms with E-state index in [4.69, 9.17) is 11.5 Å². The number of nitrogens with two attached hydrogens (primary N) is 2. The van der Waals surface area contributed by atoms with Crippen molar-refractivity contribution in [1.82, 2.24) is 0 Å². The SMILES string of the molecule is CC1(C)c2cc(N)ccc2CCC1N. The van der Waals surface area contributed by atoms with Gasteiger partial charge in [0.25, 0.3) is 0 Å². The maximum absolute atomic E-state index is 6.14. The minimum Gasteiger partial charge on any atom is -0.399 e. The molecule has 0 saturated heterocycles. The summed E-state index contributed by atoms with van der Waals surface area (Å²) in [6, 6.07) is 6.44. The van der Waals surface area contributed by atoms with E-state index >= 15 is 0 Å². The van der Waals surface area contributed by atoms with E-state index < -0.39 is 0 Å². The molecule has 2 rings (SSSR count). The Labute approximate surface area is 85.3 Å². The third-order valence-electron chi connectivity index (χ3n) is 3.48. The normalized spacial score (nSPS) is 24.4. The van der Waals surface area contributed by atoms with Gasteiger partial charge in [-0.1, -0.05) is 19.9 Å². The summed E-state index contributed by atoms with van der Waals surface area (Å²) in [6.07, 6.45) is 2.16. The van der Waals surface area contributed by atoms with E-state index in [1.165, 1.54) is 11.1 Å². The van der Waals surface area contributed by atoms with Crippen LogP contribution >= 0.6 is 0 Å². The van der Waals surface area contributed by atoms with Gasteiger partial charge in [-0.15, -0.1) is 0 Å². The third-order valence-corrected chi connectivity index (χ3v) is 3.48. The lowest BCUT2D eigenvalue weighted by molar-refractivity contribution is 0.364. The molecule has 0 heterocycles. The molecule has 0 aliphatic heterocycles. The number of nitrogen functional groups attached to an aromatic ring is 1. The minimum absolute atomic E-state index is 0.0585. The Hall–Kier alpha value is -1.02. The summed E-state index contributed by atoms with van der Waals surface area (Å²) in [7, 11) is 0. The van der Waals surface area contributed by atoms with Gasteiger partial charge in [-0.05, 0) is 36.1 Å². The van der Waals surface area contributed by atoms with Crippen LogP contribution in [-0.2, 0) is 11.8 Å². The molecule has 0 saturated carbocycles. The van der Waals surface area contributed by atoms with Gasteiger partial charge in [-0.3, -0.25) is 0 Å². The molecule has 1 aromatic carbocycles. The Morgan fingerprint density at radius 3 is 2.79 bits per heavy atom. The van der Waals surface area contributed by atoms with Gasteiger partial charge in [0.1, 0.15) is 0 Å². The lowest BCUT2D eigenvalue weighted by Crippen LogP contribution is -2.44. The van der Waals surface area contributed by atoms with Gasteiger partial charge in [0.2, 0.25) is 0 Å². The summed E-state index contributed by atoms with van der Waals surface area (Å²) in [5.74, 6) is 0. The standard InChI is InChI=1S/C12H18N2/c1-12(2)10-7-9(13)5-3-8(10)4-6-11(12)14/h3,5,7,11H,4,6,13-14H2,1-2H3. The molecule has 1 unspecified atom stereocenters. The van der Waals surface area contributed by atoms with Gasteiger partial charge in [0.15, 0.2) is 0 Å². The lowest BCUT2D eigenvalue weighted by Gasteiger charge is -2.38. The van der Waals surface area contributed by atoms with Crippen molar-refractivity contribution in [3.05, 3.63) is 29.3 Å². The maximum atomic E-state index is 6.14. The summed E-state index contributed by atoms with van der Waals surface area (Å²) in [5.41, 5.74) is 15.6. The molecule has 4 N–H and O–H groups in total. The van der Waals surface area contributed by atoms with Crippen molar-refractivity contribution in [3.8, 4) is 0 Å². The molecule has 76 valence electrons. The number of hydrogen-bond acceptors (Lipinski definition) is 2. The molecule has 0 radical (unpaired) electrons. The first-order chi connectivity index (χ1) is 6.51. The molecule has 0 bridgehead atoms. The van der Waals surface area contributed by atoms with Crippen LogP contribution < -0.4 is 11.5 Å². The predicted octanol–water partition coefficient (Wildman–Crippen LogP) is 1.82. The fourth-order valence-corrected chi connectivity index (χ4v) is 2.28. The van der Waals surface area contributed by atoms with Gasteiger partial charge in [-0.25, -0.2) is 0 Å². The first-order valence-electron chi connectivity index (χ1n) is 5.16. The Kier molecular flexibility index (Phi) is 2.04. The van der Waals surface area contributed by atoms with Gasteiger partial charge in [-0.2, -0.15) is 0 Å². The quantitative estimate of drug-likeness (QED) is 0.613. The zero-order valence-electron chi connectivity index (χ0n) is 8.88. The van der Waals surface area contributed by atoms with Crippen LogP contribution in [0.4, 0.5) is 5.69 Å². The number of benzene rings is 1. The molecule has 2 heteroatoms. The zero-order valence-corrected chi connectivity index (χ0v) is 8.88. The summed E-state index contributed by atoms with van der Waals surface area (Å²) in [6.45, 7) is 4.41. The van der Waals surface area contributed by atoms with E-state index in [0.29, 0.717) is 0 Å². The minimum atomic E-state index is 0.0585. The van der Waals surface area contributed by atoms with E-state index in [0.717, 1.165) is 18.5 Å². The van der Waals surface area contributed by atoms with Crippen LogP contribution in [0.1, 0.15) is 31.4 Å². The third kappa shape index (κ3) is 1.30. The highest BCUT2D eigenvalue weighted by molar-refractivity contribution is 5.49. The summed E-state index contributed by atoms with van der Waals surface area (Å²) in [5, 5.41) is 0. The highest BCUT2D eigenvalue weighted by Crippen LogP contribution is 2.36. The van der Waals surface area contributed by atoms with Crippen LogP contribution in [0, 0.1) is 0 Å². The largest absolute Gasteiger partial charge is 0.399 e. The summed E-state index contributed by atoms with van der Waals surface area (Å²) < 4.78 is 0. The Morgan fingerprint density at radius 1 is 1.36 bits per heavy atom. The van der Waals surface area contributed by atoms with Gasteiger partial charge in [0, 0.05) is 17.1 Å². The average molecular weight is 190 g/mol. The number of hydrogen-bond donors (Lipinski definition) is 2. The number of anilines is 1. The first kappa shape index (κ1) is 9.53. The molecule has 1 aliphatic rings. The molecule has 1 atom stereocenters. The van der Waals surface area contributed by atoms with Crippen LogP contribution in [0.15, 0.2) is 18.2 Å². The summed E-state index contributed by atoms with van der Waals surface area (Å²) >= 11 is 0. The van der Waals surface area contributed by atoms with E-state index in [9.17, 15) is 0 Å². The molecule has 0 spiro atoms. The molecule has 0 aromatic heterocycles. The highest BCUT2D eigenvalue weighted by Gasteiger charge is 2.33. The topological polar surface area (TPSA) is 52.0 Å². The second-order valence-electron chi connectivity index (χ2n) is 4.78. The van der Waals surface area contributed by atoms with Crippen molar-refractivity contribution in [1.29, 1.82) is 0 Å². The average Bonchev–Trinajstić information content (AvgIpc) is 2.13. The smallest absolute Gasteiger partial charge is 0.0317 e. The number of fused-ring (bicyclic) bond motifs is 1. The van der Waals surface area contributed by atoms with Crippen LogP contribution in [-0.4, -0.2) is 6.04 Å². The van der Waals surface area contributed by atoms with Crippen molar-refractivity contribution >= 4 is 5.69 Å². The van der Waals surface area contributed by atoms with Crippen LogP contribution in [0.3, 0.4) is 0 Å². The van der Waals surface area contributed by atoms with Gasteiger partial charge in [0.05, 0.1) is 0 Å². The van der Waals surface area contributed by atoms with Crippen LogP contribution in [0.2, 0.25) is 0 Å². The second kappa shape index (κ2) is 2.99. The fourth-order valence-electron chi connectivity index (χ4n) is 2.28. The Balaban J connectivity index is 2.55. The van der Waals surface area contributed by atoms with Crippen molar-refractivity contribution in [2.45, 2.75) is 38.1 Å². The first-order valence-corrected chi connectivity index (χ1v) is 5.16. The van der Waals surface area contributed by atoms with Crippen molar-refractivity contribution in [2.75, 3.05) is 5.73 Å². The van der Waals surface area contributed by atoms with Crippen LogP contribution in [0.5, 0.6) is 0 Å². The zero-order chi connectivity index (χ0) is 10.3. The van der Waals surface area contributed by atoms with E-state index in [1.54, 1.807) is 0 Å². The molecule has 14 heavy (non-hydrogen) atoms. The molecular weight excluding hydrogens is 172 g/mol. The lowest BCUT2D eigenvalue weighted by atomic mass is 9.69. The highest BCUT2D eigenvalue weighted by atomic mass is 14.7. The Morgan fingerprint density at radius 2 is 2.07 bits per heavy atom. The molecular formula is C12H18N2. The van der Waals surface area contributed by atoms with Crippen molar-refractivity contribution in [3.63, 3.8) is 0 Å². The fraction of sp³-hybridized carbons (Fsp3) is 0.500. The number of rotatable bonds is 0. The second-order valence-corrected chi connectivity index (χ2v) is 4.78. The molecule has 0 amide bonds. The van der Waals surface area contributed by atoms with Crippen molar-refractivity contribution < 1.29 is 0 Å². The van der Waals surface area contributed by atoms with Crippen LogP contribution in [0.25, 0.3) is 0 Å². The maximum Gasteiger partial charge on any atom is 0.0317 e. The van der Waals surface area contributed by atoms with E-state index in [2.05, 4.69) is 26.0 Å².